The first-order valence-corrected chi connectivity index (χ1v) is 5.40. The summed E-state index contributed by atoms with van der Waals surface area (Å²) in [7, 11) is 0. The Kier molecular flexibility index (Phi) is 5.15. The minimum absolute atomic E-state index is 0.179. The molecule has 0 heterocycles. The summed E-state index contributed by atoms with van der Waals surface area (Å²) in [6.45, 7) is 3.66. The van der Waals surface area contributed by atoms with Crippen molar-refractivity contribution < 1.29 is 9.53 Å². The number of hydrogen-bond acceptors (Lipinski definition) is 2. The molecule has 0 radical (unpaired) electrons. The van der Waals surface area contributed by atoms with Gasteiger partial charge in [-0.3, -0.25) is 4.79 Å². The average molecular weight is 216 g/mol. The van der Waals surface area contributed by atoms with E-state index in [0.717, 1.165) is 6.42 Å². The predicted octanol–water partition coefficient (Wildman–Crippen LogP) is 2.75. The lowest BCUT2D eigenvalue weighted by molar-refractivity contribution is -0.139. The van der Waals surface area contributed by atoms with Gasteiger partial charge < -0.3 is 4.74 Å². The zero-order valence-electron chi connectivity index (χ0n) is 9.69. The van der Waals surface area contributed by atoms with Crippen molar-refractivity contribution >= 4 is 5.97 Å². The number of ether oxygens (including phenoxy) is 1. The van der Waals surface area contributed by atoms with Gasteiger partial charge >= 0.3 is 5.97 Å². The van der Waals surface area contributed by atoms with Crippen LogP contribution in [0, 0.1) is 11.8 Å². The van der Waals surface area contributed by atoms with Crippen molar-refractivity contribution in [3.05, 3.63) is 35.9 Å². The van der Waals surface area contributed by atoms with Crippen LogP contribution in [0.15, 0.2) is 30.3 Å². The van der Waals surface area contributed by atoms with E-state index in [1.807, 2.05) is 18.2 Å². The largest absolute Gasteiger partial charge is 0.453 e. The van der Waals surface area contributed by atoms with Gasteiger partial charge in [-0.25, -0.2) is 0 Å². The molecule has 0 aliphatic heterocycles. The van der Waals surface area contributed by atoms with Crippen LogP contribution in [-0.4, -0.2) is 12.6 Å². The number of carbonyl (C=O) groups is 1. The molecule has 1 rings (SSSR count). The summed E-state index contributed by atoms with van der Waals surface area (Å²) in [5.41, 5.74) is 1.21. The zero-order valence-corrected chi connectivity index (χ0v) is 9.69. The predicted molar refractivity (Wildman–Crippen MR) is 63.9 cm³/mol. The topological polar surface area (TPSA) is 26.3 Å². The van der Waals surface area contributed by atoms with Crippen LogP contribution in [0.3, 0.4) is 0 Å². The molecule has 84 valence electrons. The molecule has 1 atom stereocenters. The van der Waals surface area contributed by atoms with Gasteiger partial charge in [0.05, 0.1) is 0 Å². The molecule has 0 unspecified atom stereocenters. The van der Waals surface area contributed by atoms with Gasteiger partial charge in [0.15, 0.2) is 6.61 Å². The van der Waals surface area contributed by atoms with E-state index in [9.17, 15) is 4.79 Å². The quantitative estimate of drug-likeness (QED) is 0.573. The van der Waals surface area contributed by atoms with E-state index in [1.54, 1.807) is 0 Å². The second kappa shape index (κ2) is 6.68. The molecule has 0 saturated heterocycles. The van der Waals surface area contributed by atoms with Gasteiger partial charge in [-0.1, -0.05) is 49.1 Å². The van der Waals surface area contributed by atoms with Crippen molar-refractivity contribution in [3.63, 3.8) is 0 Å². The van der Waals surface area contributed by atoms with Crippen molar-refractivity contribution in [2.45, 2.75) is 26.2 Å². The number of hydrogen-bond donors (Lipinski definition) is 0. The summed E-state index contributed by atoms with van der Waals surface area (Å²) in [5, 5.41) is 0. The highest BCUT2D eigenvalue weighted by atomic mass is 16.5. The molecule has 1 aromatic carbocycles. The monoisotopic (exact) mass is 216 g/mol. The maximum absolute atomic E-state index is 10.5. The van der Waals surface area contributed by atoms with E-state index in [1.165, 1.54) is 12.5 Å². The van der Waals surface area contributed by atoms with Crippen LogP contribution >= 0.6 is 0 Å². The first-order chi connectivity index (χ1) is 7.74. The number of rotatable bonds is 3. The molecule has 0 amide bonds. The Morgan fingerprint density at radius 2 is 2.06 bits per heavy atom. The minimum Gasteiger partial charge on any atom is -0.453 e. The molecule has 2 nitrogen and oxygen atoms in total. The van der Waals surface area contributed by atoms with Crippen molar-refractivity contribution in [1.29, 1.82) is 0 Å². The highest BCUT2D eigenvalue weighted by molar-refractivity contribution is 5.66. The Hall–Kier alpha value is -1.75. The average Bonchev–Trinajstić information content (AvgIpc) is 2.30. The lowest BCUT2D eigenvalue weighted by Crippen LogP contribution is -1.99. The van der Waals surface area contributed by atoms with Gasteiger partial charge in [-0.2, -0.15) is 0 Å². The third-order valence-electron chi connectivity index (χ3n) is 2.23. The summed E-state index contributed by atoms with van der Waals surface area (Å²) in [6.07, 6.45) is 0.955. The van der Waals surface area contributed by atoms with Gasteiger partial charge in [0.25, 0.3) is 0 Å². The van der Waals surface area contributed by atoms with Gasteiger partial charge in [0.1, 0.15) is 0 Å². The molecule has 0 fully saturated rings. The molecular weight excluding hydrogens is 200 g/mol. The van der Waals surface area contributed by atoms with Gasteiger partial charge in [0, 0.05) is 12.8 Å². The summed E-state index contributed by atoms with van der Waals surface area (Å²) in [5.74, 6) is 5.92. The van der Waals surface area contributed by atoms with Gasteiger partial charge in [-0.15, -0.1) is 0 Å². The molecule has 0 N–H and O–H groups in total. The lowest BCUT2D eigenvalue weighted by Gasteiger charge is -2.07. The van der Waals surface area contributed by atoms with Crippen LogP contribution < -0.4 is 0 Å². The normalized spacial score (nSPS) is 11.1. The van der Waals surface area contributed by atoms with Crippen molar-refractivity contribution in [2.75, 3.05) is 6.61 Å². The fourth-order valence-corrected chi connectivity index (χ4v) is 1.41. The van der Waals surface area contributed by atoms with Crippen LogP contribution in [0.5, 0.6) is 0 Å². The molecule has 16 heavy (non-hydrogen) atoms. The van der Waals surface area contributed by atoms with Crippen LogP contribution in [-0.2, 0) is 9.53 Å². The second-order valence-corrected chi connectivity index (χ2v) is 3.47. The Morgan fingerprint density at radius 3 is 2.62 bits per heavy atom. The van der Waals surface area contributed by atoms with Gasteiger partial charge in [-0.05, 0) is 12.0 Å². The lowest BCUT2D eigenvalue weighted by atomic mass is 9.97. The molecule has 2 heteroatoms. The van der Waals surface area contributed by atoms with Crippen LogP contribution in [0.1, 0.15) is 31.7 Å². The highest BCUT2D eigenvalue weighted by Crippen LogP contribution is 2.17. The van der Waals surface area contributed by atoms with E-state index in [4.69, 9.17) is 4.74 Å². The Bertz CT molecular complexity index is 384. The third kappa shape index (κ3) is 4.18. The SMILES string of the molecule is CC[C@@H](C#CCOC(C)=O)c1ccccc1. The smallest absolute Gasteiger partial charge is 0.303 e. The summed E-state index contributed by atoms with van der Waals surface area (Å²) in [4.78, 5) is 10.5. The number of carbonyl (C=O) groups excluding carboxylic acids is 1. The molecule has 0 aliphatic rings. The third-order valence-corrected chi connectivity index (χ3v) is 2.23. The van der Waals surface area contributed by atoms with E-state index < -0.39 is 0 Å². The first kappa shape index (κ1) is 12.3. The maximum Gasteiger partial charge on any atom is 0.303 e. The van der Waals surface area contributed by atoms with E-state index >= 15 is 0 Å². The van der Waals surface area contributed by atoms with Gasteiger partial charge in [0.2, 0.25) is 0 Å². The molecular formula is C14H16O2. The molecule has 0 saturated carbocycles. The zero-order chi connectivity index (χ0) is 11.8. The van der Waals surface area contributed by atoms with Crippen molar-refractivity contribution in [3.8, 4) is 11.8 Å². The fourth-order valence-electron chi connectivity index (χ4n) is 1.41. The molecule has 0 aliphatic carbocycles. The molecule has 0 aromatic heterocycles. The number of benzene rings is 1. The van der Waals surface area contributed by atoms with E-state index in [-0.39, 0.29) is 18.5 Å². The summed E-state index contributed by atoms with van der Waals surface area (Å²) >= 11 is 0. The summed E-state index contributed by atoms with van der Waals surface area (Å²) in [6, 6.07) is 10.1. The molecule has 0 spiro atoms. The Labute approximate surface area is 96.6 Å². The Balaban J connectivity index is 2.59. The standard InChI is InChI=1S/C14H16O2/c1-3-13(10-7-11-16-12(2)15)14-8-5-4-6-9-14/h4-6,8-9,13H,3,11H2,1-2H3/t13-/m0/s1. The van der Waals surface area contributed by atoms with E-state index in [0.29, 0.717) is 0 Å². The molecule has 1 aromatic rings. The molecule has 0 bridgehead atoms. The number of esters is 1. The minimum atomic E-state index is -0.290. The maximum atomic E-state index is 10.5. The van der Waals surface area contributed by atoms with Crippen LogP contribution in [0.4, 0.5) is 0 Å². The summed E-state index contributed by atoms with van der Waals surface area (Å²) < 4.78 is 4.76. The van der Waals surface area contributed by atoms with E-state index in [2.05, 4.69) is 30.9 Å². The fraction of sp³-hybridized carbons (Fsp3) is 0.357. The Morgan fingerprint density at radius 1 is 1.38 bits per heavy atom. The van der Waals surface area contributed by atoms with Crippen LogP contribution in [0.25, 0.3) is 0 Å². The highest BCUT2D eigenvalue weighted by Gasteiger charge is 2.03. The van der Waals surface area contributed by atoms with Crippen LogP contribution in [0.2, 0.25) is 0 Å². The first-order valence-electron chi connectivity index (χ1n) is 5.40. The van der Waals surface area contributed by atoms with Crippen molar-refractivity contribution in [1.82, 2.24) is 0 Å². The van der Waals surface area contributed by atoms with Crippen molar-refractivity contribution in [2.24, 2.45) is 0 Å². The second-order valence-electron chi connectivity index (χ2n) is 3.47.